The maximum Gasteiger partial charge on any atom is 0.146 e. The van der Waals surface area contributed by atoms with Gasteiger partial charge < -0.3 is 15.5 Å². The van der Waals surface area contributed by atoms with Crippen LogP contribution in [0.15, 0.2) is 42.5 Å². The van der Waals surface area contributed by atoms with Gasteiger partial charge in [0.15, 0.2) is 0 Å². The largest absolute Gasteiger partial charge is 0.367 e. The first-order valence-electron chi connectivity index (χ1n) is 7.92. The van der Waals surface area contributed by atoms with Crippen LogP contribution >= 0.6 is 0 Å². The predicted octanol–water partition coefficient (Wildman–Crippen LogP) is 2.66. The number of piperazine rings is 1. The normalized spacial score (nSPS) is 15.0. The first kappa shape index (κ1) is 15.9. The van der Waals surface area contributed by atoms with Crippen LogP contribution in [0, 0.1) is 11.6 Å². The van der Waals surface area contributed by atoms with Gasteiger partial charge in [0, 0.05) is 44.8 Å². The van der Waals surface area contributed by atoms with Gasteiger partial charge >= 0.3 is 0 Å². The van der Waals surface area contributed by atoms with Crippen molar-refractivity contribution >= 4 is 5.69 Å². The minimum absolute atomic E-state index is 0.190. The van der Waals surface area contributed by atoms with Crippen LogP contribution in [0.4, 0.5) is 14.5 Å². The van der Waals surface area contributed by atoms with Crippen molar-refractivity contribution in [2.24, 2.45) is 0 Å². The molecule has 0 atom stereocenters. The van der Waals surface area contributed by atoms with Crippen molar-refractivity contribution < 1.29 is 8.78 Å². The molecule has 0 aliphatic carbocycles. The zero-order valence-electron chi connectivity index (χ0n) is 13.0. The summed E-state index contributed by atoms with van der Waals surface area (Å²) < 4.78 is 27.6. The van der Waals surface area contributed by atoms with E-state index in [9.17, 15) is 8.78 Å². The molecule has 1 aliphatic heterocycles. The topological polar surface area (TPSA) is 27.3 Å². The van der Waals surface area contributed by atoms with Gasteiger partial charge in [-0.3, -0.25) is 0 Å². The zero-order valence-corrected chi connectivity index (χ0v) is 13.0. The fourth-order valence-electron chi connectivity index (χ4n) is 2.80. The molecule has 0 aromatic heterocycles. The summed E-state index contributed by atoms with van der Waals surface area (Å²) in [6, 6.07) is 11.9. The highest BCUT2D eigenvalue weighted by atomic mass is 19.1. The van der Waals surface area contributed by atoms with Crippen LogP contribution in [-0.2, 0) is 13.1 Å². The molecule has 0 radical (unpaired) electrons. The van der Waals surface area contributed by atoms with E-state index in [1.807, 2.05) is 12.1 Å². The van der Waals surface area contributed by atoms with Gasteiger partial charge in [-0.15, -0.1) is 0 Å². The molecule has 2 N–H and O–H groups in total. The third-order valence-corrected chi connectivity index (χ3v) is 4.07. The highest BCUT2D eigenvalue weighted by Crippen LogP contribution is 2.21. The Balaban J connectivity index is 1.63. The maximum atomic E-state index is 14.1. The fourth-order valence-corrected chi connectivity index (χ4v) is 2.80. The smallest absolute Gasteiger partial charge is 0.146 e. The second kappa shape index (κ2) is 7.53. The van der Waals surface area contributed by atoms with E-state index in [-0.39, 0.29) is 11.6 Å². The molecule has 23 heavy (non-hydrogen) atoms. The standard InChI is InChI=1S/C18H21F2N3/c19-16-4-2-1-3-15(16)13-22-12-14-5-6-17(20)18(11-14)23-9-7-21-8-10-23/h1-6,11,21-22H,7-10,12-13H2. The minimum atomic E-state index is -0.208. The monoisotopic (exact) mass is 317 g/mol. The quantitative estimate of drug-likeness (QED) is 0.888. The molecule has 1 fully saturated rings. The van der Waals surface area contributed by atoms with E-state index in [0.29, 0.717) is 24.3 Å². The SMILES string of the molecule is Fc1ccccc1CNCc1ccc(F)c(N2CCNCC2)c1. The molecule has 0 spiro atoms. The zero-order chi connectivity index (χ0) is 16.1. The average Bonchev–Trinajstić information content (AvgIpc) is 2.59. The Labute approximate surface area is 135 Å². The lowest BCUT2D eigenvalue weighted by Gasteiger charge is -2.30. The van der Waals surface area contributed by atoms with E-state index in [0.717, 1.165) is 31.7 Å². The molecule has 1 saturated heterocycles. The Kier molecular flexibility index (Phi) is 5.20. The summed E-state index contributed by atoms with van der Waals surface area (Å²) in [5, 5.41) is 6.48. The molecule has 0 bridgehead atoms. The van der Waals surface area contributed by atoms with Crippen LogP contribution in [0.25, 0.3) is 0 Å². The van der Waals surface area contributed by atoms with E-state index in [2.05, 4.69) is 15.5 Å². The summed E-state index contributed by atoms with van der Waals surface area (Å²) in [7, 11) is 0. The number of rotatable bonds is 5. The van der Waals surface area contributed by atoms with Crippen molar-refractivity contribution in [2.45, 2.75) is 13.1 Å². The highest BCUT2D eigenvalue weighted by Gasteiger charge is 2.14. The number of hydrogen-bond donors (Lipinski definition) is 2. The van der Waals surface area contributed by atoms with Crippen LogP contribution < -0.4 is 15.5 Å². The van der Waals surface area contributed by atoms with Crippen LogP contribution in [-0.4, -0.2) is 26.2 Å². The summed E-state index contributed by atoms with van der Waals surface area (Å²) in [5.74, 6) is -0.398. The van der Waals surface area contributed by atoms with E-state index >= 15 is 0 Å². The van der Waals surface area contributed by atoms with Crippen LogP contribution in [0.3, 0.4) is 0 Å². The second-order valence-electron chi connectivity index (χ2n) is 5.72. The molecule has 2 aromatic rings. The molecule has 2 aromatic carbocycles. The van der Waals surface area contributed by atoms with Gasteiger partial charge in [-0.1, -0.05) is 24.3 Å². The first-order chi connectivity index (χ1) is 11.2. The van der Waals surface area contributed by atoms with Gasteiger partial charge in [-0.25, -0.2) is 8.78 Å². The molecule has 0 amide bonds. The highest BCUT2D eigenvalue weighted by molar-refractivity contribution is 5.50. The number of benzene rings is 2. The Morgan fingerprint density at radius 1 is 0.957 bits per heavy atom. The first-order valence-corrected chi connectivity index (χ1v) is 7.92. The summed E-state index contributed by atoms with van der Waals surface area (Å²) in [6.07, 6.45) is 0. The summed E-state index contributed by atoms with van der Waals surface area (Å²) >= 11 is 0. The Hall–Kier alpha value is -1.98. The van der Waals surface area contributed by atoms with Gasteiger partial charge in [0.1, 0.15) is 11.6 Å². The van der Waals surface area contributed by atoms with E-state index in [1.54, 1.807) is 18.2 Å². The van der Waals surface area contributed by atoms with Gasteiger partial charge in [-0.05, 0) is 23.8 Å². The van der Waals surface area contributed by atoms with Gasteiger partial charge in [-0.2, -0.15) is 0 Å². The molecule has 5 heteroatoms. The number of hydrogen-bond acceptors (Lipinski definition) is 3. The van der Waals surface area contributed by atoms with Crippen LogP contribution in [0.5, 0.6) is 0 Å². The molecule has 0 unspecified atom stereocenters. The Morgan fingerprint density at radius 3 is 2.52 bits per heavy atom. The van der Waals surface area contributed by atoms with Crippen LogP contribution in [0.2, 0.25) is 0 Å². The van der Waals surface area contributed by atoms with Crippen molar-refractivity contribution in [3.63, 3.8) is 0 Å². The van der Waals surface area contributed by atoms with Gasteiger partial charge in [0.2, 0.25) is 0 Å². The lowest BCUT2D eigenvalue weighted by atomic mass is 10.1. The molecule has 3 nitrogen and oxygen atoms in total. The number of nitrogens with zero attached hydrogens (tertiary/aromatic N) is 1. The van der Waals surface area contributed by atoms with E-state index in [4.69, 9.17) is 0 Å². The molecule has 1 aliphatic rings. The molecule has 0 saturated carbocycles. The van der Waals surface area contributed by atoms with E-state index < -0.39 is 0 Å². The second-order valence-corrected chi connectivity index (χ2v) is 5.72. The number of nitrogens with one attached hydrogen (secondary N) is 2. The summed E-state index contributed by atoms with van der Waals surface area (Å²) in [6.45, 7) is 4.39. The fraction of sp³-hybridized carbons (Fsp3) is 0.333. The lowest BCUT2D eigenvalue weighted by molar-refractivity contribution is 0.564. The molecule has 3 rings (SSSR count). The van der Waals surface area contributed by atoms with Crippen molar-refractivity contribution in [3.8, 4) is 0 Å². The number of anilines is 1. The lowest BCUT2D eigenvalue weighted by Crippen LogP contribution is -2.43. The van der Waals surface area contributed by atoms with Gasteiger partial charge in [0.05, 0.1) is 5.69 Å². The molecular weight excluding hydrogens is 296 g/mol. The predicted molar refractivity (Wildman–Crippen MR) is 88.4 cm³/mol. The molecule has 1 heterocycles. The van der Waals surface area contributed by atoms with Crippen LogP contribution in [0.1, 0.15) is 11.1 Å². The molecular formula is C18H21F2N3. The van der Waals surface area contributed by atoms with Crippen molar-refractivity contribution in [1.82, 2.24) is 10.6 Å². The van der Waals surface area contributed by atoms with Crippen molar-refractivity contribution in [1.29, 1.82) is 0 Å². The number of halogens is 2. The Morgan fingerprint density at radius 2 is 1.74 bits per heavy atom. The third kappa shape index (κ3) is 4.06. The maximum absolute atomic E-state index is 14.1. The van der Waals surface area contributed by atoms with Gasteiger partial charge in [0.25, 0.3) is 0 Å². The minimum Gasteiger partial charge on any atom is -0.367 e. The molecule has 122 valence electrons. The van der Waals surface area contributed by atoms with Crippen molar-refractivity contribution in [2.75, 3.05) is 31.1 Å². The summed E-state index contributed by atoms with van der Waals surface area (Å²) in [4.78, 5) is 2.06. The Bertz CT molecular complexity index is 654. The third-order valence-electron chi connectivity index (χ3n) is 4.07. The summed E-state index contributed by atoms with van der Waals surface area (Å²) in [5.41, 5.74) is 2.28. The van der Waals surface area contributed by atoms with Crippen molar-refractivity contribution in [3.05, 3.63) is 65.2 Å². The van der Waals surface area contributed by atoms with E-state index in [1.165, 1.54) is 12.1 Å². The average molecular weight is 317 g/mol.